The summed E-state index contributed by atoms with van der Waals surface area (Å²) >= 11 is 0. The molecule has 0 bridgehead atoms. The van der Waals surface area contributed by atoms with Gasteiger partial charge in [-0.1, -0.05) is 17.7 Å². The zero-order valence-electron chi connectivity index (χ0n) is 17.9. The number of β-amino-alcohol motifs (C(OH)–C–C–N with tert-alkyl or cyclic N) is 1. The van der Waals surface area contributed by atoms with Gasteiger partial charge in [0, 0.05) is 31.6 Å². The van der Waals surface area contributed by atoms with Crippen LogP contribution in [0.15, 0.2) is 36.4 Å². The van der Waals surface area contributed by atoms with E-state index in [0.717, 1.165) is 48.4 Å². The van der Waals surface area contributed by atoms with E-state index in [-0.39, 0.29) is 5.60 Å². The molecule has 0 aromatic heterocycles. The van der Waals surface area contributed by atoms with Gasteiger partial charge in [0.05, 0.1) is 26.4 Å². The third kappa shape index (κ3) is 4.13. The summed E-state index contributed by atoms with van der Waals surface area (Å²) in [6.07, 6.45) is 1.18. The lowest BCUT2D eigenvalue weighted by Gasteiger charge is -2.46. The van der Waals surface area contributed by atoms with Gasteiger partial charge in [0.1, 0.15) is 11.4 Å². The number of aliphatic hydroxyl groups excluding tert-OH is 2. The van der Waals surface area contributed by atoms with Crippen molar-refractivity contribution in [2.24, 2.45) is 0 Å². The average molecular weight is 414 g/mol. The van der Waals surface area contributed by atoms with Gasteiger partial charge in [-0.3, -0.25) is 0 Å². The van der Waals surface area contributed by atoms with Crippen molar-refractivity contribution in [1.29, 1.82) is 0 Å². The van der Waals surface area contributed by atoms with E-state index in [4.69, 9.17) is 14.2 Å². The monoisotopic (exact) mass is 413 g/mol. The van der Waals surface area contributed by atoms with Crippen LogP contribution in [0.25, 0.3) is 0 Å². The van der Waals surface area contributed by atoms with E-state index in [9.17, 15) is 10.2 Å². The SMILES string of the molecule is COc1ccc([C@H](O)CN2CCC3(CC2)C[C@@H](O)c2cc(C)ccc2O3)cc1OC. The first-order chi connectivity index (χ1) is 14.4. The molecule has 2 heterocycles. The van der Waals surface area contributed by atoms with Gasteiger partial charge in [-0.25, -0.2) is 0 Å². The Morgan fingerprint density at radius 1 is 1.10 bits per heavy atom. The Balaban J connectivity index is 1.39. The fraction of sp³-hybridized carbons (Fsp3) is 0.500. The van der Waals surface area contributed by atoms with Crippen LogP contribution in [-0.4, -0.2) is 54.6 Å². The summed E-state index contributed by atoms with van der Waals surface area (Å²) < 4.78 is 17.0. The van der Waals surface area contributed by atoms with Crippen LogP contribution in [0, 0.1) is 6.92 Å². The number of likely N-dealkylation sites (tertiary alicyclic amines) is 1. The van der Waals surface area contributed by atoms with Crippen molar-refractivity contribution in [2.45, 2.75) is 44.0 Å². The Kier molecular flexibility index (Phi) is 5.91. The minimum Gasteiger partial charge on any atom is -0.493 e. The summed E-state index contributed by atoms with van der Waals surface area (Å²) in [6, 6.07) is 11.5. The highest BCUT2D eigenvalue weighted by atomic mass is 16.5. The summed E-state index contributed by atoms with van der Waals surface area (Å²) in [4.78, 5) is 2.26. The number of hydrogen-bond acceptors (Lipinski definition) is 6. The number of piperidine rings is 1. The maximum absolute atomic E-state index is 10.7. The minimum absolute atomic E-state index is 0.327. The van der Waals surface area contributed by atoms with E-state index in [1.807, 2.05) is 43.3 Å². The maximum atomic E-state index is 10.7. The predicted octanol–water partition coefficient (Wildman–Crippen LogP) is 3.40. The lowest BCUT2D eigenvalue weighted by Crippen LogP contribution is -2.51. The zero-order chi connectivity index (χ0) is 21.3. The number of methoxy groups -OCH3 is 2. The Labute approximate surface area is 178 Å². The van der Waals surface area contributed by atoms with Gasteiger partial charge < -0.3 is 29.3 Å². The van der Waals surface area contributed by atoms with Gasteiger partial charge in [-0.05, 0) is 49.6 Å². The quantitative estimate of drug-likeness (QED) is 0.783. The largest absolute Gasteiger partial charge is 0.493 e. The molecule has 1 spiro atoms. The Hall–Kier alpha value is -2.28. The molecule has 0 saturated carbocycles. The zero-order valence-corrected chi connectivity index (χ0v) is 17.9. The molecule has 162 valence electrons. The van der Waals surface area contributed by atoms with Crippen LogP contribution in [0.5, 0.6) is 17.2 Å². The van der Waals surface area contributed by atoms with Gasteiger partial charge in [0.25, 0.3) is 0 Å². The third-order valence-corrected chi connectivity index (χ3v) is 6.41. The van der Waals surface area contributed by atoms with Gasteiger partial charge >= 0.3 is 0 Å². The van der Waals surface area contributed by atoms with Crippen molar-refractivity contribution < 1.29 is 24.4 Å². The summed E-state index contributed by atoms with van der Waals surface area (Å²) in [5, 5.41) is 21.4. The second-order valence-electron chi connectivity index (χ2n) is 8.48. The van der Waals surface area contributed by atoms with Crippen molar-refractivity contribution in [1.82, 2.24) is 4.90 Å². The summed E-state index contributed by atoms with van der Waals surface area (Å²) in [5.41, 5.74) is 2.51. The Morgan fingerprint density at radius 3 is 2.53 bits per heavy atom. The van der Waals surface area contributed by atoms with Gasteiger partial charge in [-0.2, -0.15) is 0 Å². The van der Waals surface area contributed by atoms with E-state index >= 15 is 0 Å². The Bertz CT molecular complexity index is 891. The average Bonchev–Trinajstić information content (AvgIpc) is 2.75. The number of benzene rings is 2. The minimum atomic E-state index is -0.611. The second-order valence-corrected chi connectivity index (χ2v) is 8.48. The number of aryl methyl sites for hydroxylation is 1. The highest BCUT2D eigenvalue weighted by Gasteiger charge is 2.43. The molecule has 2 aromatic carbocycles. The first-order valence-electron chi connectivity index (χ1n) is 10.5. The van der Waals surface area contributed by atoms with Crippen LogP contribution in [-0.2, 0) is 0 Å². The standard InChI is InChI=1S/C24H31NO5/c1-16-4-6-21-18(12-16)19(26)14-24(30-21)8-10-25(11-9-24)15-20(27)17-5-7-22(28-2)23(13-17)29-3/h4-7,12-13,19-20,26-27H,8-11,14-15H2,1-3H3/t19-,20-/m1/s1. The fourth-order valence-electron chi connectivity index (χ4n) is 4.62. The molecule has 2 atom stereocenters. The van der Waals surface area contributed by atoms with E-state index in [1.54, 1.807) is 14.2 Å². The van der Waals surface area contributed by atoms with Crippen molar-refractivity contribution in [3.63, 3.8) is 0 Å². The topological polar surface area (TPSA) is 71.4 Å². The molecule has 0 radical (unpaired) electrons. The maximum Gasteiger partial charge on any atom is 0.161 e. The second kappa shape index (κ2) is 8.46. The molecule has 6 heteroatoms. The number of hydrogen-bond donors (Lipinski definition) is 2. The molecule has 4 rings (SSSR count). The van der Waals surface area contributed by atoms with Crippen LogP contribution in [0.4, 0.5) is 0 Å². The van der Waals surface area contributed by atoms with Crippen LogP contribution >= 0.6 is 0 Å². The van der Waals surface area contributed by atoms with E-state index in [2.05, 4.69) is 4.90 Å². The Morgan fingerprint density at radius 2 is 1.83 bits per heavy atom. The highest BCUT2D eigenvalue weighted by Crippen LogP contribution is 2.44. The summed E-state index contributed by atoms with van der Waals surface area (Å²) in [5.74, 6) is 2.07. The van der Waals surface area contributed by atoms with Crippen LogP contribution in [0.1, 0.15) is 48.2 Å². The highest BCUT2D eigenvalue weighted by molar-refractivity contribution is 5.43. The molecule has 2 aromatic rings. The number of fused-ring (bicyclic) bond motifs is 1. The molecular weight excluding hydrogens is 382 g/mol. The lowest BCUT2D eigenvalue weighted by molar-refractivity contribution is -0.0588. The van der Waals surface area contributed by atoms with Gasteiger partial charge in [-0.15, -0.1) is 0 Å². The van der Waals surface area contributed by atoms with Gasteiger partial charge in [0.15, 0.2) is 11.5 Å². The van der Waals surface area contributed by atoms with Crippen molar-refractivity contribution in [2.75, 3.05) is 33.9 Å². The molecule has 1 fully saturated rings. The molecule has 6 nitrogen and oxygen atoms in total. The molecule has 2 aliphatic rings. The van der Waals surface area contributed by atoms with Crippen LogP contribution in [0.3, 0.4) is 0 Å². The summed E-state index contributed by atoms with van der Waals surface area (Å²) in [7, 11) is 3.19. The van der Waals surface area contributed by atoms with E-state index in [0.29, 0.717) is 24.5 Å². The summed E-state index contributed by atoms with van der Waals surface area (Å²) in [6.45, 7) is 4.21. The lowest BCUT2D eigenvalue weighted by atomic mass is 9.81. The fourth-order valence-corrected chi connectivity index (χ4v) is 4.62. The van der Waals surface area contributed by atoms with Crippen LogP contribution in [0.2, 0.25) is 0 Å². The number of aliphatic hydroxyl groups is 2. The molecule has 0 aliphatic carbocycles. The molecule has 30 heavy (non-hydrogen) atoms. The molecule has 2 aliphatic heterocycles. The van der Waals surface area contributed by atoms with Gasteiger partial charge in [0.2, 0.25) is 0 Å². The molecule has 0 unspecified atom stereocenters. The predicted molar refractivity (Wildman–Crippen MR) is 114 cm³/mol. The molecular formula is C24H31NO5. The van der Waals surface area contributed by atoms with Crippen LogP contribution < -0.4 is 14.2 Å². The van der Waals surface area contributed by atoms with Crippen molar-refractivity contribution >= 4 is 0 Å². The van der Waals surface area contributed by atoms with E-state index in [1.165, 1.54) is 0 Å². The van der Waals surface area contributed by atoms with Crippen molar-refractivity contribution in [3.8, 4) is 17.2 Å². The number of rotatable bonds is 5. The number of nitrogens with zero attached hydrogens (tertiary/aromatic N) is 1. The number of ether oxygens (including phenoxy) is 3. The molecule has 0 amide bonds. The first-order valence-corrected chi connectivity index (χ1v) is 10.5. The smallest absolute Gasteiger partial charge is 0.161 e. The first kappa shape index (κ1) is 21.0. The third-order valence-electron chi connectivity index (χ3n) is 6.41. The molecule has 2 N–H and O–H groups in total. The van der Waals surface area contributed by atoms with Crippen molar-refractivity contribution in [3.05, 3.63) is 53.1 Å². The molecule has 1 saturated heterocycles. The normalized spacial score (nSPS) is 21.6. The van der Waals surface area contributed by atoms with E-state index < -0.39 is 12.2 Å².